The van der Waals surface area contributed by atoms with E-state index in [1.54, 1.807) is 26.0 Å². The van der Waals surface area contributed by atoms with Gasteiger partial charge in [-0.15, -0.1) is 0 Å². The van der Waals surface area contributed by atoms with Crippen LogP contribution in [-0.2, 0) is 19.0 Å². The molecule has 2 aliphatic heterocycles. The number of benzene rings is 1. The highest BCUT2D eigenvalue weighted by Crippen LogP contribution is 2.38. The fourth-order valence-electron chi connectivity index (χ4n) is 4.12. The van der Waals surface area contributed by atoms with E-state index in [-0.39, 0.29) is 29.8 Å². The summed E-state index contributed by atoms with van der Waals surface area (Å²) in [5, 5.41) is 30.9. The van der Waals surface area contributed by atoms with Crippen molar-refractivity contribution in [2.75, 3.05) is 6.61 Å². The molecule has 0 aliphatic carbocycles. The average Bonchev–Trinajstić information content (AvgIpc) is 3.52. The van der Waals surface area contributed by atoms with E-state index in [0.29, 0.717) is 25.0 Å². The Bertz CT molecular complexity index is 819. The van der Waals surface area contributed by atoms with Gasteiger partial charge in [0.1, 0.15) is 11.9 Å². The van der Waals surface area contributed by atoms with Crippen LogP contribution in [0.1, 0.15) is 39.2 Å². The van der Waals surface area contributed by atoms with Gasteiger partial charge in [0.2, 0.25) is 0 Å². The molecule has 1 aromatic rings. The molecule has 2 heterocycles. The molecule has 0 unspecified atom stereocenters. The monoisotopic (exact) mass is 446 g/mol. The molecule has 0 saturated carbocycles. The van der Waals surface area contributed by atoms with E-state index in [1.165, 1.54) is 6.08 Å². The van der Waals surface area contributed by atoms with Gasteiger partial charge in [-0.1, -0.05) is 49.4 Å². The second kappa shape index (κ2) is 10.7. The third kappa shape index (κ3) is 6.27. The van der Waals surface area contributed by atoms with Crippen LogP contribution in [0.5, 0.6) is 0 Å². The molecule has 176 valence electrons. The number of rotatable bonds is 9. The zero-order valence-corrected chi connectivity index (χ0v) is 18.9. The standard InChI is InChI=1S/C25H34O7/c1-14(11-22(27)31-17(4)18-8-6-5-7-9-18)10-20-24(29)23(28)19(13-30-20)12-21-25(32-21)15(2)16(3)26/h5-9,11,15-16,19-21,23-26,28-29H,4,10,12-13H2,1-3H3/b14-11+/t15-,16-,19-,20-,21-,23+,24-,25-/m0/s1. The van der Waals surface area contributed by atoms with Crippen molar-refractivity contribution in [1.82, 2.24) is 0 Å². The van der Waals surface area contributed by atoms with Gasteiger partial charge < -0.3 is 29.5 Å². The Morgan fingerprint density at radius 2 is 1.91 bits per heavy atom. The van der Waals surface area contributed by atoms with E-state index < -0.39 is 30.4 Å². The van der Waals surface area contributed by atoms with Gasteiger partial charge in [-0.3, -0.25) is 0 Å². The van der Waals surface area contributed by atoms with Crippen molar-refractivity contribution in [3.8, 4) is 0 Å². The Kier molecular flexibility index (Phi) is 8.25. The molecule has 7 heteroatoms. The first kappa shape index (κ1) is 24.6. The maximum absolute atomic E-state index is 12.2. The summed E-state index contributed by atoms with van der Waals surface area (Å²) in [5.41, 5.74) is 1.39. The van der Waals surface area contributed by atoms with Gasteiger partial charge in [-0.05, 0) is 26.7 Å². The van der Waals surface area contributed by atoms with Gasteiger partial charge >= 0.3 is 5.97 Å². The van der Waals surface area contributed by atoms with Crippen LogP contribution in [0.3, 0.4) is 0 Å². The van der Waals surface area contributed by atoms with E-state index in [9.17, 15) is 20.1 Å². The fourth-order valence-corrected chi connectivity index (χ4v) is 4.12. The molecule has 0 amide bonds. The zero-order chi connectivity index (χ0) is 23.4. The number of esters is 1. The Morgan fingerprint density at radius 3 is 2.56 bits per heavy atom. The predicted octanol–water partition coefficient (Wildman–Crippen LogP) is 2.45. The smallest absolute Gasteiger partial charge is 0.336 e. The highest BCUT2D eigenvalue weighted by molar-refractivity contribution is 5.87. The van der Waals surface area contributed by atoms with E-state index in [4.69, 9.17) is 14.2 Å². The first-order valence-corrected chi connectivity index (χ1v) is 11.1. The van der Waals surface area contributed by atoms with Gasteiger partial charge in [0, 0.05) is 23.5 Å². The molecule has 8 atom stereocenters. The second-order valence-corrected chi connectivity index (χ2v) is 8.99. The Labute approximate surface area is 189 Å². The number of carbonyl (C=O) groups excluding carboxylic acids is 1. The van der Waals surface area contributed by atoms with Crippen molar-refractivity contribution >= 4 is 11.7 Å². The number of aliphatic hydroxyl groups excluding tert-OH is 3. The lowest BCUT2D eigenvalue weighted by atomic mass is 9.85. The summed E-state index contributed by atoms with van der Waals surface area (Å²) in [5.74, 6) is -0.521. The van der Waals surface area contributed by atoms with Crippen molar-refractivity contribution in [3.05, 3.63) is 54.1 Å². The lowest BCUT2D eigenvalue weighted by molar-refractivity contribution is -0.165. The van der Waals surface area contributed by atoms with Crippen molar-refractivity contribution < 1.29 is 34.3 Å². The molecule has 2 fully saturated rings. The lowest BCUT2D eigenvalue weighted by Gasteiger charge is -2.38. The van der Waals surface area contributed by atoms with Crippen LogP contribution in [-0.4, -0.2) is 64.5 Å². The normalized spacial score (nSPS) is 32.1. The molecule has 0 aromatic heterocycles. The maximum Gasteiger partial charge on any atom is 0.336 e. The topological polar surface area (TPSA) is 109 Å². The molecular weight excluding hydrogens is 412 g/mol. The minimum absolute atomic E-state index is 0.0184. The quantitative estimate of drug-likeness (QED) is 0.231. The number of aliphatic hydroxyl groups is 3. The number of hydrogen-bond donors (Lipinski definition) is 3. The first-order chi connectivity index (χ1) is 15.2. The predicted molar refractivity (Wildman–Crippen MR) is 119 cm³/mol. The van der Waals surface area contributed by atoms with Crippen LogP contribution in [0.15, 0.2) is 48.6 Å². The van der Waals surface area contributed by atoms with Gasteiger partial charge in [0.15, 0.2) is 0 Å². The number of carbonyl (C=O) groups is 1. The van der Waals surface area contributed by atoms with Crippen molar-refractivity contribution in [1.29, 1.82) is 0 Å². The highest BCUT2D eigenvalue weighted by Gasteiger charge is 2.48. The number of epoxide rings is 1. The first-order valence-electron chi connectivity index (χ1n) is 11.1. The second-order valence-electron chi connectivity index (χ2n) is 8.99. The molecular formula is C25H34O7. The molecule has 0 spiro atoms. The molecule has 3 rings (SSSR count). The SMILES string of the molecule is C=C(OC(=O)/C=C(\C)C[C@@H]1OC[C@H](C[C@@H]2O[C@H]2[C@@H](C)[C@H](C)O)[C@@H](O)[C@H]1O)c1ccccc1. The fraction of sp³-hybridized carbons (Fsp3) is 0.560. The average molecular weight is 447 g/mol. The van der Waals surface area contributed by atoms with E-state index in [2.05, 4.69) is 6.58 Å². The molecule has 0 radical (unpaired) electrons. The summed E-state index contributed by atoms with van der Waals surface area (Å²) in [4.78, 5) is 12.2. The van der Waals surface area contributed by atoms with Gasteiger partial charge in [0.25, 0.3) is 0 Å². The van der Waals surface area contributed by atoms with Crippen molar-refractivity contribution in [2.24, 2.45) is 11.8 Å². The minimum atomic E-state index is -1.07. The number of ether oxygens (including phenoxy) is 3. The van der Waals surface area contributed by atoms with Crippen LogP contribution >= 0.6 is 0 Å². The van der Waals surface area contributed by atoms with Crippen LogP contribution < -0.4 is 0 Å². The Hall–Kier alpha value is -2.03. The summed E-state index contributed by atoms with van der Waals surface area (Å²) in [6, 6.07) is 9.13. The maximum atomic E-state index is 12.2. The Morgan fingerprint density at radius 1 is 1.22 bits per heavy atom. The summed E-state index contributed by atoms with van der Waals surface area (Å²) in [6.45, 7) is 9.49. The largest absolute Gasteiger partial charge is 0.423 e. The summed E-state index contributed by atoms with van der Waals surface area (Å²) >= 11 is 0. The van der Waals surface area contributed by atoms with Crippen LogP contribution in [0.25, 0.3) is 5.76 Å². The molecule has 2 saturated heterocycles. The van der Waals surface area contributed by atoms with E-state index >= 15 is 0 Å². The summed E-state index contributed by atoms with van der Waals surface area (Å²) < 4.78 is 16.7. The van der Waals surface area contributed by atoms with Crippen molar-refractivity contribution in [2.45, 2.75) is 70.2 Å². The highest BCUT2D eigenvalue weighted by atomic mass is 16.6. The van der Waals surface area contributed by atoms with Crippen LogP contribution in [0.4, 0.5) is 0 Å². The zero-order valence-electron chi connectivity index (χ0n) is 18.9. The number of hydrogen-bond acceptors (Lipinski definition) is 7. The molecule has 3 N–H and O–H groups in total. The van der Waals surface area contributed by atoms with Gasteiger partial charge in [-0.25, -0.2) is 4.79 Å². The lowest BCUT2D eigenvalue weighted by Crippen LogP contribution is -2.50. The molecule has 2 aliphatic rings. The molecule has 0 bridgehead atoms. The van der Waals surface area contributed by atoms with E-state index in [1.807, 2.05) is 25.1 Å². The minimum Gasteiger partial charge on any atom is -0.423 e. The molecule has 7 nitrogen and oxygen atoms in total. The van der Waals surface area contributed by atoms with Gasteiger partial charge in [-0.2, -0.15) is 0 Å². The Balaban J connectivity index is 1.47. The van der Waals surface area contributed by atoms with Crippen molar-refractivity contribution in [3.63, 3.8) is 0 Å². The third-order valence-corrected chi connectivity index (χ3v) is 6.38. The summed E-state index contributed by atoms with van der Waals surface area (Å²) in [6.07, 6.45) is -0.956. The third-order valence-electron chi connectivity index (χ3n) is 6.38. The molecule has 32 heavy (non-hydrogen) atoms. The van der Waals surface area contributed by atoms with Gasteiger partial charge in [0.05, 0.1) is 37.1 Å². The van der Waals surface area contributed by atoms with Crippen LogP contribution in [0.2, 0.25) is 0 Å². The summed E-state index contributed by atoms with van der Waals surface area (Å²) in [7, 11) is 0. The molecule has 1 aromatic carbocycles. The van der Waals surface area contributed by atoms with E-state index in [0.717, 1.165) is 5.56 Å². The van der Waals surface area contributed by atoms with Crippen LogP contribution in [0, 0.1) is 11.8 Å².